The quantitative estimate of drug-likeness (QED) is 0.799. The van der Waals surface area contributed by atoms with Crippen LogP contribution in [0.5, 0.6) is 0 Å². The van der Waals surface area contributed by atoms with Gasteiger partial charge in [-0.05, 0) is 56.4 Å². The van der Waals surface area contributed by atoms with Crippen LogP contribution in [-0.2, 0) is 6.42 Å². The van der Waals surface area contributed by atoms with Crippen molar-refractivity contribution >= 4 is 11.5 Å². The Morgan fingerprint density at radius 1 is 1.44 bits per heavy atom. The smallest absolute Gasteiger partial charge is 0.179 e. The number of fused-ring (bicyclic) bond motifs is 1. The molecule has 1 saturated carbocycles. The third-order valence-electron chi connectivity index (χ3n) is 3.78. The van der Waals surface area contributed by atoms with Gasteiger partial charge in [0.1, 0.15) is 0 Å². The molecule has 3 rings (SSSR count). The third-order valence-corrected chi connectivity index (χ3v) is 3.78. The summed E-state index contributed by atoms with van der Waals surface area (Å²) in [5.41, 5.74) is 3.32. The normalized spacial score (nSPS) is 19.8. The summed E-state index contributed by atoms with van der Waals surface area (Å²) in [5.74, 6) is 0.218. The van der Waals surface area contributed by atoms with Gasteiger partial charge < -0.3 is 10.6 Å². The van der Waals surface area contributed by atoms with E-state index in [9.17, 15) is 4.79 Å². The number of Topliss-reactive ketones (excluding diaryl/α,β-unsaturated/α-hetero) is 1. The molecular formula is C15H20N2O. The Morgan fingerprint density at radius 2 is 2.28 bits per heavy atom. The van der Waals surface area contributed by atoms with Gasteiger partial charge in [-0.2, -0.15) is 0 Å². The van der Waals surface area contributed by atoms with Crippen LogP contribution in [0, 0.1) is 0 Å². The summed E-state index contributed by atoms with van der Waals surface area (Å²) in [7, 11) is 0. The Labute approximate surface area is 108 Å². The van der Waals surface area contributed by atoms with E-state index in [-0.39, 0.29) is 11.8 Å². The standard InChI is InChI=1S/C15H20N2O/c1-10(17-13-5-6-13)15(18)12-4-7-14-11(9-12)3-2-8-16-14/h4,7,9-10,13,16-17H,2-3,5-6,8H2,1H3. The van der Waals surface area contributed by atoms with Crippen molar-refractivity contribution in [3.05, 3.63) is 29.3 Å². The highest BCUT2D eigenvalue weighted by Gasteiger charge is 2.26. The van der Waals surface area contributed by atoms with Crippen molar-refractivity contribution in [2.75, 3.05) is 11.9 Å². The molecule has 0 amide bonds. The first kappa shape index (κ1) is 11.7. The lowest BCUT2D eigenvalue weighted by atomic mass is 9.97. The minimum Gasteiger partial charge on any atom is -0.385 e. The summed E-state index contributed by atoms with van der Waals surface area (Å²) >= 11 is 0. The molecule has 2 N–H and O–H groups in total. The number of anilines is 1. The van der Waals surface area contributed by atoms with E-state index in [1.54, 1.807) is 0 Å². The minimum absolute atomic E-state index is 0.0629. The van der Waals surface area contributed by atoms with Crippen molar-refractivity contribution in [1.29, 1.82) is 0 Å². The SMILES string of the molecule is CC(NC1CC1)C(=O)c1ccc2c(c1)CCCN2. The first-order valence-electron chi connectivity index (χ1n) is 6.91. The van der Waals surface area contributed by atoms with Crippen LogP contribution in [0.1, 0.15) is 42.1 Å². The van der Waals surface area contributed by atoms with Crippen molar-refractivity contribution in [2.24, 2.45) is 0 Å². The molecule has 1 atom stereocenters. The monoisotopic (exact) mass is 244 g/mol. The molecule has 18 heavy (non-hydrogen) atoms. The average molecular weight is 244 g/mol. The second-order valence-electron chi connectivity index (χ2n) is 5.43. The van der Waals surface area contributed by atoms with Crippen LogP contribution < -0.4 is 10.6 Å². The summed E-state index contributed by atoms with van der Waals surface area (Å²) in [6.45, 7) is 3.01. The Morgan fingerprint density at radius 3 is 3.06 bits per heavy atom. The second kappa shape index (κ2) is 4.73. The molecule has 3 heteroatoms. The van der Waals surface area contributed by atoms with Crippen LogP contribution >= 0.6 is 0 Å². The van der Waals surface area contributed by atoms with Crippen LogP contribution in [0.2, 0.25) is 0 Å². The molecule has 96 valence electrons. The molecule has 1 aromatic rings. The third kappa shape index (κ3) is 2.41. The highest BCUT2D eigenvalue weighted by Crippen LogP contribution is 2.24. The van der Waals surface area contributed by atoms with Gasteiger partial charge in [-0.1, -0.05) is 0 Å². The number of carbonyl (C=O) groups excluding carboxylic acids is 1. The summed E-state index contributed by atoms with van der Waals surface area (Å²) < 4.78 is 0. The minimum atomic E-state index is -0.0629. The molecule has 0 bridgehead atoms. The van der Waals surface area contributed by atoms with Crippen molar-refractivity contribution in [2.45, 2.75) is 44.7 Å². The van der Waals surface area contributed by atoms with E-state index < -0.39 is 0 Å². The van der Waals surface area contributed by atoms with Crippen molar-refractivity contribution in [3.63, 3.8) is 0 Å². The maximum Gasteiger partial charge on any atom is 0.179 e. The lowest BCUT2D eigenvalue weighted by Crippen LogP contribution is -2.35. The fourth-order valence-electron chi connectivity index (χ4n) is 2.56. The topological polar surface area (TPSA) is 41.1 Å². The molecule has 0 radical (unpaired) electrons. The molecule has 0 spiro atoms. The zero-order valence-electron chi connectivity index (χ0n) is 10.8. The Bertz CT molecular complexity index is 466. The largest absolute Gasteiger partial charge is 0.385 e. The first-order valence-corrected chi connectivity index (χ1v) is 6.91. The van der Waals surface area contributed by atoms with Crippen LogP contribution in [-0.4, -0.2) is 24.4 Å². The number of rotatable bonds is 4. The zero-order valence-corrected chi connectivity index (χ0v) is 10.8. The fourth-order valence-corrected chi connectivity index (χ4v) is 2.56. The number of hydrogen-bond donors (Lipinski definition) is 2. The molecule has 0 aromatic heterocycles. The summed E-state index contributed by atoms with van der Waals surface area (Å²) in [6, 6.07) is 6.57. The molecule has 3 nitrogen and oxygen atoms in total. The van der Waals surface area contributed by atoms with Gasteiger partial charge >= 0.3 is 0 Å². The lowest BCUT2D eigenvalue weighted by molar-refractivity contribution is 0.0950. The predicted molar refractivity (Wildman–Crippen MR) is 73.2 cm³/mol. The second-order valence-corrected chi connectivity index (χ2v) is 5.43. The molecule has 1 aromatic carbocycles. The van der Waals surface area contributed by atoms with E-state index in [1.807, 2.05) is 19.1 Å². The van der Waals surface area contributed by atoms with E-state index >= 15 is 0 Å². The Balaban J connectivity index is 1.76. The van der Waals surface area contributed by atoms with Crippen LogP contribution in [0.3, 0.4) is 0 Å². The maximum absolute atomic E-state index is 12.3. The van der Waals surface area contributed by atoms with Crippen LogP contribution in [0.4, 0.5) is 5.69 Å². The predicted octanol–water partition coefficient (Wildman–Crippen LogP) is 2.37. The summed E-state index contributed by atoms with van der Waals surface area (Å²) in [5, 5.41) is 6.74. The maximum atomic E-state index is 12.3. The molecule has 1 aliphatic carbocycles. The Hall–Kier alpha value is -1.35. The van der Waals surface area contributed by atoms with E-state index in [0.717, 1.165) is 24.9 Å². The Kier molecular flexibility index (Phi) is 3.08. The molecular weight excluding hydrogens is 224 g/mol. The van der Waals surface area contributed by atoms with Crippen molar-refractivity contribution in [3.8, 4) is 0 Å². The van der Waals surface area contributed by atoms with Crippen molar-refractivity contribution < 1.29 is 4.79 Å². The van der Waals surface area contributed by atoms with Gasteiger partial charge in [0.05, 0.1) is 6.04 Å². The number of ketones is 1. The summed E-state index contributed by atoms with van der Waals surface area (Å²) in [6.07, 6.45) is 4.66. The van der Waals surface area contributed by atoms with Crippen LogP contribution in [0.15, 0.2) is 18.2 Å². The zero-order chi connectivity index (χ0) is 12.5. The molecule has 1 fully saturated rings. The number of carbonyl (C=O) groups is 1. The van der Waals surface area contributed by atoms with E-state index in [2.05, 4.69) is 16.7 Å². The van der Waals surface area contributed by atoms with Gasteiger partial charge in [0.25, 0.3) is 0 Å². The van der Waals surface area contributed by atoms with Gasteiger partial charge in [-0.25, -0.2) is 0 Å². The molecule has 1 aliphatic heterocycles. The molecule has 1 heterocycles. The number of aryl methyl sites for hydroxylation is 1. The molecule has 1 unspecified atom stereocenters. The fraction of sp³-hybridized carbons (Fsp3) is 0.533. The molecule has 2 aliphatic rings. The first-order chi connectivity index (χ1) is 8.74. The highest BCUT2D eigenvalue weighted by atomic mass is 16.1. The van der Waals surface area contributed by atoms with Gasteiger partial charge in [0.15, 0.2) is 5.78 Å². The number of benzene rings is 1. The van der Waals surface area contributed by atoms with Gasteiger partial charge in [0.2, 0.25) is 0 Å². The van der Waals surface area contributed by atoms with Gasteiger partial charge in [-0.3, -0.25) is 4.79 Å². The number of hydrogen-bond acceptors (Lipinski definition) is 3. The average Bonchev–Trinajstić information content (AvgIpc) is 3.21. The number of nitrogens with one attached hydrogen (secondary N) is 2. The van der Waals surface area contributed by atoms with E-state index in [4.69, 9.17) is 0 Å². The van der Waals surface area contributed by atoms with E-state index in [0.29, 0.717) is 6.04 Å². The van der Waals surface area contributed by atoms with Gasteiger partial charge in [-0.15, -0.1) is 0 Å². The highest BCUT2D eigenvalue weighted by molar-refractivity contribution is 6.00. The lowest BCUT2D eigenvalue weighted by Gasteiger charge is -2.19. The molecule has 0 saturated heterocycles. The van der Waals surface area contributed by atoms with Crippen LogP contribution in [0.25, 0.3) is 0 Å². The van der Waals surface area contributed by atoms with Gasteiger partial charge in [0, 0.05) is 23.8 Å². The van der Waals surface area contributed by atoms with Crippen molar-refractivity contribution in [1.82, 2.24) is 5.32 Å². The van der Waals surface area contributed by atoms with E-state index in [1.165, 1.54) is 24.1 Å². The summed E-state index contributed by atoms with van der Waals surface area (Å²) in [4.78, 5) is 12.3.